The summed E-state index contributed by atoms with van der Waals surface area (Å²) in [7, 11) is 0. The highest BCUT2D eigenvalue weighted by molar-refractivity contribution is 5.88. The summed E-state index contributed by atoms with van der Waals surface area (Å²) in [4.78, 5) is 20.1. The number of hydrogen-bond acceptors (Lipinski definition) is 4. The molecule has 0 saturated carbocycles. The number of aromatic nitrogens is 2. The number of carbonyl (C=O) groups excluding carboxylic acids is 1. The van der Waals surface area contributed by atoms with Gasteiger partial charge in [0.15, 0.2) is 0 Å². The molecular weight excluding hydrogens is 256 g/mol. The molecule has 0 saturated heterocycles. The van der Waals surface area contributed by atoms with Crippen LogP contribution in [0.15, 0.2) is 12.4 Å². The maximum atomic E-state index is 11.6. The summed E-state index contributed by atoms with van der Waals surface area (Å²) < 4.78 is 0. The van der Waals surface area contributed by atoms with Crippen molar-refractivity contribution in [2.75, 3.05) is 11.9 Å². The van der Waals surface area contributed by atoms with Crippen molar-refractivity contribution in [3.8, 4) is 0 Å². The van der Waals surface area contributed by atoms with Gasteiger partial charge in [0.05, 0.1) is 24.2 Å². The molecule has 20 heavy (non-hydrogen) atoms. The van der Waals surface area contributed by atoms with Gasteiger partial charge in [-0.25, -0.2) is 14.8 Å². The van der Waals surface area contributed by atoms with Gasteiger partial charge in [0, 0.05) is 12.0 Å². The summed E-state index contributed by atoms with van der Waals surface area (Å²) in [6.07, 6.45) is 2.60. The van der Waals surface area contributed by atoms with Gasteiger partial charge in [-0.1, -0.05) is 34.6 Å². The summed E-state index contributed by atoms with van der Waals surface area (Å²) in [5, 5.41) is 14.8. The van der Waals surface area contributed by atoms with Crippen LogP contribution in [0.25, 0.3) is 0 Å². The van der Waals surface area contributed by atoms with E-state index in [9.17, 15) is 9.90 Å². The molecule has 0 fully saturated rings. The Kier molecular flexibility index (Phi) is 5.44. The lowest BCUT2D eigenvalue weighted by Crippen LogP contribution is -2.37. The van der Waals surface area contributed by atoms with E-state index in [4.69, 9.17) is 0 Å². The molecule has 112 valence electrons. The van der Waals surface area contributed by atoms with Crippen LogP contribution in [0.3, 0.4) is 0 Å². The molecule has 1 atom stereocenters. The quantitative estimate of drug-likeness (QED) is 0.786. The summed E-state index contributed by atoms with van der Waals surface area (Å²) in [5.74, 6) is 0.823. The van der Waals surface area contributed by atoms with Crippen molar-refractivity contribution in [3.63, 3.8) is 0 Å². The molecule has 3 N–H and O–H groups in total. The molecule has 0 aliphatic rings. The normalized spacial score (nSPS) is 13.2. The van der Waals surface area contributed by atoms with Crippen LogP contribution in [0.1, 0.15) is 40.4 Å². The second-order valence-electron chi connectivity index (χ2n) is 6.19. The Bertz CT molecular complexity index is 437. The second kappa shape index (κ2) is 6.65. The van der Waals surface area contributed by atoms with E-state index >= 15 is 0 Å². The third-order valence-electron chi connectivity index (χ3n) is 2.82. The highest BCUT2D eigenvalue weighted by Crippen LogP contribution is 2.18. The Balaban J connectivity index is 2.51. The van der Waals surface area contributed by atoms with Gasteiger partial charge in [0.25, 0.3) is 0 Å². The van der Waals surface area contributed by atoms with Gasteiger partial charge in [0.2, 0.25) is 0 Å². The fraction of sp³-hybridized carbons (Fsp3) is 0.643. The van der Waals surface area contributed by atoms with E-state index in [1.165, 1.54) is 0 Å². The topological polar surface area (TPSA) is 87.1 Å². The number of hydrogen-bond donors (Lipinski definition) is 3. The monoisotopic (exact) mass is 280 g/mol. The predicted octanol–water partition coefficient (Wildman–Crippen LogP) is 1.91. The zero-order valence-electron chi connectivity index (χ0n) is 12.8. The predicted molar refractivity (Wildman–Crippen MR) is 78.6 cm³/mol. The van der Waals surface area contributed by atoms with Crippen LogP contribution in [-0.2, 0) is 5.41 Å². The number of urea groups is 1. The van der Waals surface area contributed by atoms with Crippen molar-refractivity contribution in [1.82, 2.24) is 15.3 Å². The van der Waals surface area contributed by atoms with E-state index < -0.39 is 6.10 Å². The maximum Gasteiger partial charge on any atom is 0.319 e. The summed E-state index contributed by atoms with van der Waals surface area (Å²) >= 11 is 0. The molecule has 0 radical (unpaired) electrons. The second-order valence-corrected chi connectivity index (χ2v) is 6.19. The molecule has 1 aromatic rings. The average Bonchev–Trinajstić information content (AvgIpc) is 2.35. The SMILES string of the molecule is CC(C)[C@@H](O)CNC(=O)Nc1cnc(C(C)(C)C)nc1. The van der Waals surface area contributed by atoms with E-state index in [1.54, 1.807) is 12.4 Å². The first kappa shape index (κ1) is 16.4. The number of rotatable bonds is 4. The zero-order valence-corrected chi connectivity index (χ0v) is 12.8. The van der Waals surface area contributed by atoms with Gasteiger partial charge in [-0.05, 0) is 5.92 Å². The van der Waals surface area contributed by atoms with E-state index in [1.807, 2.05) is 34.6 Å². The number of carbonyl (C=O) groups is 1. The van der Waals surface area contributed by atoms with Crippen LogP contribution in [0, 0.1) is 5.92 Å². The highest BCUT2D eigenvalue weighted by atomic mass is 16.3. The molecule has 1 rings (SSSR count). The number of nitrogens with zero attached hydrogens (tertiary/aromatic N) is 2. The Labute approximate surface area is 120 Å². The van der Waals surface area contributed by atoms with Crippen LogP contribution in [-0.4, -0.2) is 33.8 Å². The molecule has 0 bridgehead atoms. The van der Waals surface area contributed by atoms with Crippen LogP contribution < -0.4 is 10.6 Å². The number of aliphatic hydroxyl groups excluding tert-OH is 1. The first-order chi connectivity index (χ1) is 9.20. The Morgan fingerprint density at radius 3 is 2.30 bits per heavy atom. The van der Waals surface area contributed by atoms with Gasteiger partial charge in [-0.15, -0.1) is 0 Å². The first-order valence-corrected chi connectivity index (χ1v) is 6.75. The maximum absolute atomic E-state index is 11.6. The van der Waals surface area contributed by atoms with Crippen molar-refractivity contribution < 1.29 is 9.90 Å². The van der Waals surface area contributed by atoms with Crippen molar-refractivity contribution >= 4 is 11.7 Å². The zero-order chi connectivity index (χ0) is 15.3. The smallest absolute Gasteiger partial charge is 0.319 e. The summed E-state index contributed by atoms with van der Waals surface area (Å²) in [6, 6.07) is -0.378. The van der Waals surface area contributed by atoms with Gasteiger partial charge < -0.3 is 15.7 Å². The largest absolute Gasteiger partial charge is 0.391 e. The fourth-order valence-electron chi connectivity index (χ4n) is 1.39. The molecule has 0 aromatic carbocycles. The third-order valence-corrected chi connectivity index (χ3v) is 2.82. The molecule has 1 aromatic heterocycles. The average molecular weight is 280 g/mol. The first-order valence-electron chi connectivity index (χ1n) is 6.75. The van der Waals surface area contributed by atoms with Gasteiger partial charge in [-0.2, -0.15) is 0 Å². The highest BCUT2D eigenvalue weighted by Gasteiger charge is 2.17. The fourth-order valence-corrected chi connectivity index (χ4v) is 1.39. The van der Waals surface area contributed by atoms with Crippen molar-refractivity contribution in [1.29, 1.82) is 0 Å². The van der Waals surface area contributed by atoms with Crippen LogP contribution in [0.5, 0.6) is 0 Å². The molecule has 0 unspecified atom stereocenters. The van der Waals surface area contributed by atoms with Gasteiger partial charge in [-0.3, -0.25) is 0 Å². The lowest BCUT2D eigenvalue weighted by Gasteiger charge is -2.17. The molecule has 0 spiro atoms. The lowest BCUT2D eigenvalue weighted by molar-refractivity contribution is 0.126. The molecule has 6 heteroatoms. The van der Waals surface area contributed by atoms with Crippen LogP contribution in [0.2, 0.25) is 0 Å². The van der Waals surface area contributed by atoms with E-state index in [0.29, 0.717) is 5.69 Å². The Morgan fingerprint density at radius 1 is 1.30 bits per heavy atom. The number of amides is 2. The van der Waals surface area contributed by atoms with E-state index in [2.05, 4.69) is 20.6 Å². The van der Waals surface area contributed by atoms with Gasteiger partial charge in [0.1, 0.15) is 5.82 Å². The van der Waals surface area contributed by atoms with Crippen molar-refractivity contribution in [3.05, 3.63) is 18.2 Å². The molecular formula is C14H24N4O2. The van der Waals surface area contributed by atoms with Gasteiger partial charge >= 0.3 is 6.03 Å². The minimum atomic E-state index is -0.555. The third kappa shape index (κ3) is 5.13. The summed E-state index contributed by atoms with van der Waals surface area (Å²) in [5.41, 5.74) is 0.400. The molecule has 2 amide bonds. The summed E-state index contributed by atoms with van der Waals surface area (Å²) in [6.45, 7) is 10.1. The number of aliphatic hydroxyl groups is 1. The minimum Gasteiger partial charge on any atom is -0.391 e. The Morgan fingerprint density at radius 2 is 1.85 bits per heavy atom. The van der Waals surface area contributed by atoms with E-state index in [0.717, 1.165) is 5.82 Å². The molecule has 0 aliphatic carbocycles. The van der Waals surface area contributed by atoms with Crippen LogP contribution in [0.4, 0.5) is 10.5 Å². The Hall–Kier alpha value is -1.69. The molecule has 1 heterocycles. The van der Waals surface area contributed by atoms with E-state index in [-0.39, 0.29) is 23.9 Å². The standard InChI is InChI=1S/C14H24N4O2/c1-9(2)11(19)8-17-13(20)18-10-6-15-12(16-7-10)14(3,4)5/h6-7,9,11,19H,8H2,1-5H3,(H2,17,18,20)/t11-/m0/s1. The number of anilines is 1. The number of nitrogens with one attached hydrogen (secondary N) is 2. The van der Waals surface area contributed by atoms with Crippen molar-refractivity contribution in [2.45, 2.75) is 46.1 Å². The molecule has 6 nitrogen and oxygen atoms in total. The van der Waals surface area contributed by atoms with Crippen LogP contribution >= 0.6 is 0 Å². The van der Waals surface area contributed by atoms with Crippen molar-refractivity contribution in [2.24, 2.45) is 5.92 Å². The lowest BCUT2D eigenvalue weighted by atomic mass is 9.96. The molecule has 0 aliphatic heterocycles. The minimum absolute atomic E-state index is 0.102.